The van der Waals surface area contributed by atoms with Gasteiger partial charge in [-0.15, -0.1) is 0 Å². The van der Waals surface area contributed by atoms with Gasteiger partial charge in [-0.3, -0.25) is 0 Å². The number of rotatable bonds is 8. The Labute approximate surface area is 199 Å². The number of aryl methyl sites for hydroxylation is 4. The van der Waals surface area contributed by atoms with Crippen LogP contribution in [0.15, 0.2) is 36.4 Å². The van der Waals surface area contributed by atoms with Crippen LogP contribution in [-0.4, -0.2) is 50.2 Å². The first-order valence-electron chi connectivity index (χ1n) is 10.3. The van der Waals surface area contributed by atoms with Crippen molar-refractivity contribution in [2.24, 2.45) is 0 Å². The van der Waals surface area contributed by atoms with Gasteiger partial charge in [-0.2, -0.15) is 0 Å². The predicted molar refractivity (Wildman–Crippen MR) is 133 cm³/mol. The van der Waals surface area contributed by atoms with E-state index in [4.69, 9.17) is 0 Å². The Morgan fingerprint density at radius 3 is 1.13 bits per heavy atom. The molecule has 0 aliphatic carbocycles. The molecule has 2 aromatic carbocycles. The van der Waals surface area contributed by atoms with Crippen molar-refractivity contribution >= 4 is 14.5 Å². The van der Waals surface area contributed by atoms with E-state index in [-0.39, 0.29) is 30.9 Å². The molecule has 0 bridgehead atoms. The van der Waals surface area contributed by atoms with Crippen LogP contribution < -0.4 is 24.8 Å². The van der Waals surface area contributed by atoms with Crippen molar-refractivity contribution < 1.29 is 29.9 Å². The second-order valence-corrected chi connectivity index (χ2v) is 19.3. The van der Waals surface area contributed by atoms with E-state index in [9.17, 15) is 5.11 Å². The fourth-order valence-electron chi connectivity index (χ4n) is 4.64. The summed E-state index contributed by atoms with van der Waals surface area (Å²) >= 11 is 0. The minimum Gasteiger partial charge on any atom is -1.00 e. The van der Waals surface area contributed by atoms with E-state index in [0.717, 1.165) is 24.6 Å². The topological polar surface area (TPSA) is 20.2 Å². The van der Waals surface area contributed by atoms with Crippen molar-refractivity contribution in [2.75, 3.05) is 39.0 Å². The zero-order valence-corrected chi connectivity index (χ0v) is 23.3. The van der Waals surface area contributed by atoms with Crippen LogP contribution in [0.25, 0.3) is 0 Å². The minimum absolute atomic E-state index is 0. The Morgan fingerprint density at radius 1 is 0.600 bits per heavy atom. The van der Waals surface area contributed by atoms with Gasteiger partial charge < -0.3 is 29.9 Å². The normalized spacial score (nSPS) is 11.8. The first kappa shape index (κ1) is 29.8. The second-order valence-electron chi connectivity index (χ2n) is 10.2. The number of aliphatic hydroxyl groups is 1. The Hall–Kier alpha value is -0.160. The van der Waals surface area contributed by atoms with Gasteiger partial charge in [0.25, 0.3) is 0 Å². The van der Waals surface area contributed by atoms with Gasteiger partial charge in [0.2, 0.25) is 0 Å². The van der Waals surface area contributed by atoms with Crippen molar-refractivity contribution in [1.29, 1.82) is 0 Å². The van der Waals surface area contributed by atoms with Crippen molar-refractivity contribution in [3.63, 3.8) is 0 Å². The van der Waals surface area contributed by atoms with Crippen LogP contribution in [0.1, 0.15) is 33.4 Å². The summed E-state index contributed by atoms with van der Waals surface area (Å²) in [5.41, 5.74) is 8.25. The zero-order chi connectivity index (χ0) is 21.1. The summed E-state index contributed by atoms with van der Waals surface area (Å²) in [7, 11) is -2.35. The van der Waals surface area contributed by atoms with Gasteiger partial charge in [-0.05, 0) is 38.8 Å². The van der Waals surface area contributed by atoms with Gasteiger partial charge in [-0.1, -0.05) is 58.7 Å². The zero-order valence-electron chi connectivity index (χ0n) is 20.0. The van der Waals surface area contributed by atoms with Gasteiger partial charge in [0.05, 0.1) is 24.6 Å². The van der Waals surface area contributed by atoms with Crippen molar-refractivity contribution in [2.45, 2.75) is 46.1 Å². The number of halogens is 2. The molecule has 0 spiro atoms. The van der Waals surface area contributed by atoms with Crippen molar-refractivity contribution in [1.82, 2.24) is 0 Å². The first-order valence-corrected chi connectivity index (χ1v) is 16.4. The third-order valence-corrected chi connectivity index (χ3v) is 10.5. The van der Waals surface area contributed by atoms with E-state index in [2.05, 4.69) is 90.8 Å². The van der Waals surface area contributed by atoms with Gasteiger partial charge in [0, 0.05) is 41.2 Å². The average molecular weight is 489 g/mol. The van der Waals surface area contributed by atoms with Crippen LogP contribution in [0.3, 0.4) is 0 Å². The average Bonchev–Trinajstić information content (AvgIpc) is 2.41. The highest BCUT2D eigenvalue weighted by atomic mass is 35.5. The molecule has 0 aliphatic heterocycles. The second kappa shape index (κ2) is 12.2. The third kappa shape index (κ3) is 10.4. The Morgan fingerprint density at radius 2 is 0.867 bits per heavy atom. The third-order valence-electron chi connectivity index (χ3n) is 5.19. The summed E-state index contributed by atoms with van der Waals surface area (Å²) in [6, 6.07) is 13.8. The molecule has 1 N–H and O–H groups in total. The van der Waals surface area contributed by atoms with E-state index in [1.54, 1.807) is 0 Å². The van der Waals surface area contributed by atoms with Crippen LogP contribution in [0.2, 0.25) is 0 Å². The Kier molecular flexibility index (Phi) is 12.1. The standard InChI is InChI=1S/C25H40OP2.2ClH/c1-19-9-20(2)12-23(11-19)15-27(5,6)17-25(26)18-28(7,8)16-24-13-21(3)10-22(4)14-24;;/h9-14,25-26H,15-18H2,1-8H3;2*1H/q+2;;/p-2. The fourth-order valence-corrected chi connectivity index (χ4v) is 9.98. The quantitative estimate of drug-likeness (QED) is 0.537. The van der Waals surface area contributed by atoms with Crippen LogP contribution in [-0.2, 0) is 12.3 Å². The maximum Gasteiger partial charge on any atom is 0.121 e. The van der Waals surface area contributed by atoms with E-state index in [0.29, 0.717) is 0 Å². The monoisotopic (exact) mass is 488 g/mol. The van der Waals surface area contributed by atoms with Crippen LogP contribution in [0.5, 0.6) is 0 Å². The SMILES string of the molecule is Cc1cc(C)cc(C[P+](C)(C)CC(O)C[P+](C)(C)Cc2cc(C)cc(C)c2)c1.[Cl-].[Cl-]. The van der Waals surface area contributed by atoms with Gasteiger partial charge in [0.1, 0.15) is 6.10 Å². The van der Waals surface area contributed by atoms with Crippen molar-refractivity contribution in [3.8, 4) is 0 Å². The van der Waals surface area contributed by atoms with E-state index < -0.39 is 14.5 Å². The summed E-state index contributed by atoms with van der Waals surface area (Å²) in [6.45, 7) is 18.3. The van der Waals surface area contributed by atoms with Crippen molar-refractivity contribution in [3.05, 3.63) is 69.8 Å². The van der Waals surface area contributed by atoms with Crippen LogP contribution in [0, 0.1) is 27.7 Å². The van der Waals surface area contributed by atoms with Gasteiger partial charge in [-0.25, -0.2) is 0 Å². The molecule has 1 nitrogen and oxygen atoms in total. The van der Waals surface area contributed by atoms with Gasteiger partial charge in [0.15, 0.2) is 0 Å². The molecule has 0 radical (unpaired) electrons. The minimum atomic E-state index is -1.18. The van der Waals surface area contributed by atoms with E-state index in [1.165, 1.54) is 33.4 Å². The summed E-state index contributed by atoms with van der Waals surface area (Å²) < 4.78 is 0. The van der Waals surface area contributed by atoms with Crippen LogP contribution in [0.4, 0.5) is 0 Å². The molecule has 2 aromatic rings. The Bertz CT molecular complexity index is 711. The molecule has 0 saturated carbocycles. The fraction of sp³-hybridized carbons (Fsp3) is 0.520. The molecule has 0 amide bonds. The molecule has 0 atom stereocenters. The molecule has 0 aromatic heterocycles. The number of aliphatic hydroxyl groups excluding tert-OH is 1. The van der Waals surface area contributed by atoms with Crippen LogP contribution >= 0.6 is 14.5 Å². The molecular weight excluding hydrogens is 449 g/mol. The number of benzene rings is 2. The molecule has 0 saturated heterocycles. The summed E-state index contributed by atoms with van der Waals surface area (Å²) in [5.74, 6) is 0. The highest BCUT2D eigenvalue weighted by Crippen LogP contribution is 2.59. The highest BCUT2D eigenvalue weighted by Gasteiger charge is 2.35. The molecule has 5 heteroatoms. The molecular formula is C25H40Cl2OP2. The molecule has 170 valence electrons. The largest absolute Gasteiger partial charge is 1.00 e. The molecule has 0 unspecified atom stereocenters. The Balaban J connectivity index is 0.00000420. The van der Waals surface area contributed by atoms with E-state index >= 15 is 0 Å². The predicted octanol–water partition coefficient (Wildman–Crippen LogP) is 0.544. The van der Waals surface area contributed by atoms with Gasteiger partial charge >= 0.3 is 0 Å². The molecule has 30 heavy (non-hydrogen) atoms. The smallest absolute Gasteiger partial charge is 0.121 e. The number of hydrogen-bond donors (Lipinski definition) is 1. The summed E-state index contributed by atoms with van der Waals surface area (Å²) in [6.07, 6.45) is 4.01. The lowest BCUT2D eigenvalue weighted by atomic mass is 10.1. The lowest BCUT2D eigenvalue weighted by molar-refractivity contribution is -0.001000. The lowest BCUT2D eigenvalue weighted by Gasteiger charge is -2.25. The summed E-state index contributed by atoms with van der Waals surface area (Å²) in [4.78, 5) is 0. The first-order chi connectivity index (χ1) is 12.8. The molecule has 0 heterocycles. The number of hydrogen-bond acceptors (Lipinski definition) is 1. The summed E-state index contributed by atoms with van der Waals surface area (Å²) in [5, 5.41) is 11.0. The highest BCUT2D eigenvalue weighted by molar-refractivity contribution is 7.74. The maximum atomic E-state index is 11.0. The molecule has 0 fully saturated rings. The molecule has 0 aliphatic rings. The van der Waals surface area contributed by atoms with E-state index in [1.807, 2.05) is 0 Å². The molecule has 2 rings (SSSR count). The lowest BCUT2D eigenvalue weighted by Crippen LogP contribution is -3.00. The maximum absolute atomic E-state index is 11.0.